The van der Waals surface area contributed by atoms with Crippen molar-refractivity contribution in [3.05, 3.63) is 45.0 Å². The van der Waals surface area contributed by atoms with Gasteiger partial charge in [0.15, 0.2) is 0 Å². The molecule has 2 rings (SSSR count). The Bertz CT molecular complexity index is 737. The molecule has 0 radical (unpaired) electrons. The molecule has 0 aliphatic heterocycles. The van der Waals surface area contributed by atoms with Crippen LogP contribution in [0, 0.1) is 10.1 Å². The SMILES string of the molecule is CCOC(=O)Cn1cnc2ccc([N+](=O)[O-])cc2c1=O. The average molecular weight is 277 g/mol. The van der Waals surface area contributed by atoms with Crippen LogP contribution in [0.1, 0.15) is 6.92 Å². The minimum atomic E-state index is -0.596. The predicted octanol–water partition coefficient (Wildman–Crippen LogP) is 0.868. The summed E-state index contributed by atoms with van der Waals surface area (Å²) in [7, 11) is 0. The van der Waals surface area contributed by atoms with Gasteiger partial charge in [0.2, 0.25) is 0 Å². The van der Waals surface area contributed by atoms with E-state index in [1.165, 1.54) is 18.5 Å². The van der Waals surface area contributed by atoms with Crippen LogP contribution in [0.2, 0.25) is 0 Å². The van der Waals surface area contributed by atoms with E-state index in [0.29, 0.717) is 5.52 Å². The van der Waals surface area contributed by atoms with Crippen LogP contribution in [0.15, 0.2) is 29.3 Å². The average Bonchev–Trinajstić information content (AvgIpc) is 2.42. The van der Waals surface area contributed by atoms with Crippen LogP contribution in [0.5, 0.6) is 0 Å². The highest BCUT2D eigenvalue weighted by Gasteiger charge is 2.12. The molecular weight excluding hydrogens is 266 g/mol. The highest BCUT2D eigenvalue weighted by atomic mass is 16.6. The third kappa shape index (κ3) is 2.63. The van der Waals surface area contributed by atoms with E-state index in [2.05, 4.69) is 4.98 Å². The first-order valence-electron chi connectivity index (χ1n) is 5.82. The fourth-order valence-corrected chi connectivity index (χ4v) is 1.72. The van der Waals surface area contributed by atoms with Crippen LogP contribution in [0.3, 0.4) is 0 Å². The van der Waals surface area contributed by atoms with E-state index < -0.39 is 16.5 Å². The molecule has 0 atom stereocenters. The van der Waals surface area contributed by atoms with Gasteiger partial charge in [-0.1, -0.05) is 0 Å². The molecule has 1 aromatic carbocycles. The zero-order chi connectivity index (χ0) is 14.7. The van der Waals surface area contributed by atoms with Gasteiger partial charge in [0.25, 0.3) is 11.2 Å². The van der Waals surface area contributed by atoms with Crippen molar-refractivity contribution in [3.63, 3.8) is 0 Å². The molecule has 0 aliphatic rings. The summed E-state index contributed by atoms with van der Waals surface area (Å²) in [6.07, 6.45) is 1.22. The molecule has 0 spiro atoms. The minimum Gasteiger partial charge on any atom is -0.465 e. The fraction of sp³-hybridized carbons (Fsp3) is 0.250. The molecule has 1 aromatic heterocycles. The number of nitro groups is 1. The van der Waals surface area contributed by atoms with Crippen molar-refractivity contribution in [3.8, 4) is 0 Å². The maximum atomic E-state index is 12.1. The van der Waals surface area contributed by atoms with Crippen LogP contribution in [0.25, 0.3) is 10.9 Å². The Kier molecular flexibility index (Phi) is 3.74. The summed E-state index contributed by atoms with van der Waals surface area (Å²) in [6.45, 7) is 1.58. The monoisotopic (exact) mass is 277 g/mol. The number of fused-ring (bicyclic) bond motifs is 1. The first-order valence-corrected chi connectivity index (χ1v) is 5.82. The summed E-state index contributed by atoms with van der Waals surface area (Å²) in [5, 5.41) is 10.8. The van der Waals surface area contributed by atoms with Crippen molar-refractivity contribution in [1.29, 1.82) is 0 Å². The molecule has 0 bridgehead atoms. The zero-order valence-corrected chi connectivity index (χ0v) is 10.6. The molecule has 104 valence electrons. The minimum absolute atomic E-state index is 0.0889. The van der Waals surface area contributed by atoms with Gasteiger partial charge in [-0.25, -0.2) is 4.98 Å². The van der Waals surface area contributed by atoms with Gasteiger partial charge < -0.3 is 4.74 Å². The molecule has 0 saturated heterocycles. The maximum absolute atomic E-state index is 12.1. The first kappa shape index (κ1) is 13.7. The summed E-state index contributed by atoms with van der Waals surface area (Å²) >= 11 is 0. The van der Waals surface area contributed by atoms with Crippen molar-refractivity contribution < 1.29 is 14.5 Å². The summed E-state index contributed by atoms with van der Waals surface area (Å²) < 4.78 is 5.80. The summed E-state index contributed by atoms with van der Waals surface area (Å²) in [6, 6.07) is 3.81. The Morgan fingerprint density at radius 1 is 1.50 bits per heavy atom. The van der Waals surface area contributed by atoms with Crippen LogP contribution >= 0.6 is 0 Å². The van der Waals surface area contributed by atoms with Crippen molar-refractivity contribution in [1.82, 2.24) is 9.55 Å². The Labute approximate surface area is 112 Å². The third-order valence-corrected chi connectivity index (χ3v) is 2.62. The zero-order valence-electron chi connectivity index (χ0n) is 10.6. The number of esters is 1. The van der Waals surface area contributed by atoms with E-state index in [1.54, 1.807) is 6.92 Å². The molecule has 2 aromatic rings. The standard InChI is InChI=1S/C12H11N3O5/c1-2-20-11(16)6-14-7-13-10-4-3-8(15(18)19)5-9(10)12(14)17/h3-5,7H,2,6H2,1H3. The van der Waals surface area contributed by atoms with Gasteiger partial charge in [0.05, 0.1) is 28.8 Å². The Balaban J connectivity index is 2.48. The van der Waals surface area contributed by atoms with Gasteiger partial charge in [0.1, 0.15) is 6.54 Å². The van der Waals surface area contributed by atoms with Gasteiger partial charge in [-0.15, -0.1) is 0 Å². The number of benzene rings is 1. The van der Waals surface area contributed by atoms with Gasteiger partial charge in [-0.3, -0.25) is 24.3 Å². The van der Waals surface area contributed by atoms with Gasteiger partial charge in [-0.2, -0.15) is 0 Å². The fourth-order valence-electron chi connectivity index (χ4n) is 1.72. The van der Waals surface area contributed by atoms with Gasteiger partial charge in [0, 0.05) is 12.1 Å². The maximum Gasteiger partial charge on any atom is 0.326 e. The highest BCUT2D eigenvalue weighted by molar-refractivity contribution is 5.80. The molecule has 0 unspecified atom stereocenters. The van der Waals surface area contributed by atoms with E-state index in [9.17, 15) is 19.7 Å². The molecule has 20 heavy (non-hydrogen) atoms. The van der Waals surface area contributed by atoms with E-state index in [-0.39, 0.29) is 24.2 Å². The number of hydrogen-bond acceptors (Lipinski definition) is 6. The topological polar surface area (TPSA) is 104 Å². The molecule has 1 heterocycles. The second-order valence-electron chi connectivity index (χ2n) is 3.94. The molecule has 0 fully saturated rings. The predicted molar refractivity (Wildman–Crippen MR) is 69.3 cm³/mol. The third-order valence-electron chi connectivity index (χ3n) is 2.62. The Hall–Kier alpha value is -2.77. The number of nitro benzene ring substituents is 1. The smallest absolute Gasteiger partial charge is 0.326 e. The number of carbonyl (C=O) groups excluding carboxylic acids is 1. The number of carbonyl (C=O) groups is 1. The Morgan fingerprint density at radius 2 is 2.25 bits per heavy atom. The van der Waals surface area contributed by atoms with Crippen molar-refractivity contribution in [2.45, 2.75) is 13.5 Å². The summed E-state index contributed by atoms with van der Waals surface area (Å²) in [5.74, 6) is -0.568. The first-order chi connectivity index (χ1) is 9.52. The number of non-ortho nitro benzene ring substituents is 1. The number of nitrogens with zero attached hydrogens (tertiary/aromatic N) is 3. The number of hydrogen-bond donors (Lipinski definition) is 0. The number of aromatic nitrogens is 2. The summed E-state index contributed by atoms with van der Waals surface area (Å²) in [4.78, 5) is 37.6. The molecule has 8 nitrogen and oxygen atoms in total. The second kappa shape index (κ2) is 5.47. The van der Waals surface area contributed by atoms with Crippen LogP contribution in [-0.4, -0.2) is 27.1 Å². The van der Waals surface area contributed by atoms with Crippen LogP contribution in [0.4, 0.5) is 5.69 Å². The lowest BCUT2D eigenvalue weighted by Crippen LogP contribution is -2.25. The quantitative estimate of drug-likeness (QED) is 0.466. The van der Waals surface area contributed by atoms with Gasteiger partial charge >= 0.3 is 5.97 Å². The number of rotatable bonds is 4. The van der Waals surface area contributed by atoms with Crippen LogP contribution in [-0.2, 0) is 16.1 Å². The molecule has 0 aliphatic carbocycles. The van der Waals surface area contributed by atoms with E-state index in [1.807, 2.05) is 0 Å². The molecule has 0 N–H and O–H groups in total. The molecule has 0 amide bonds. The van der Waals surface area contributed by atoms with E-state index >= 15 is 0 Å². The van der Waals surface area contributed by atoms with Crippen LogP contribution < -0.4 is 5.56 Å². The Morgan fingerprint density at radius 3 is 2.90 bits per heavy atom. The number of ether oxygens (including phenoxy) is 1. The molecule has 8 heteroatoms. The molecule has 0 saturated carbocycles. The highest BCUT2D eigenvalue weighted by Crippen LogP contribution is 2.16. The lowest BCUT2D eigenvalue weighted by atomic mass is 10.2. The second-order valence-corrected chi connectivity index (χ2v) is 3.94. The normalized spacial score (nSPS) is 10.4. The molecular formula is C12H11N3O5. The largest absolute Gasteiger partial charge is 0.465 e. The van der Waals surface area contributed by atoms with Gasteiger partial charge in [-0.05, 0) is 13.0 Å². The lowest BCUT2D eigenvalue weighted by Gasteiger charge is -2.06. The summed E-state index contributed by atoms with van der Waals surface area (Å²) in [5.41, 5.74) is -0.391. The van der Waals surface area contributed by atoms with E-state index in [0.717, 1.165) is 10.6 Å². The van der Waals surface area contributed by atoms with Crippen molar-refractivity contribution in [2.24, 2.45) is 0 Å². The lowest BCUT2D eigenvalue weighted by molar-refractivity contribution is -0.384. The van der Waals surface area contributed by atoms with Crippen molar-refractivity contribution >= 4 is 22.6 Å². The van der Waals surface area contributed by atoms with Crippen molar-refractivity contribution in [2.75, 3.05) is 6.61 Å². The van der Waals surface area contributed by atoms with E-state index in [4.69, 9.17) is 4.74 Å².